The Kier molecular flexibility index (Phi) is 5.37. The lowest BCUT2D eigenvalue weighted by Crippen LogP contribution is -2.27. The Hall–Kier alpha value is -0.900. The highest BCUT2D eigenvalue weighted by atomic mass is 79.9. The SMILES string of the molecule is CC1CCCC(CCNC(=O)c2ccc(Br)cn2)C1. The van der Waals surface area contributed by atoms with E-state index in [4.69, 9.17) is 0 Å². The van der Waals surface area contributed by atoms with E-state index in [9.17, 15) is 4.79 Å². The number of nitrogens with one attached hydrogen (secondary N) is 1. The molecule has 3 nitrogen and oxygen atoms in total. The number of hydrogen-bond acceptors (Lipinski definition) is 2. The molecule has 1 N–H and O–H groups in total. The molecule has 0 aliphatic heterocycles. The Balaban J connectivity index is 1.73. The van der Waals surface area contributed by atoms with Crippen molar-refractivity contribution in [3.8, 4) is 0 Å². The van der Waals surface area contributed by atoms with Gasteiger partial charge in [-0.3, -0.25) is 4.79 Å². The minimum Gasteiger partial charge on any atom is -0.351 e. The third-order valence-corrected chi connectivity index (χ3v) is 4.31. The van der Waals surface area contributed by atoms with Crippen LogP contribution in [0.1, 0.15) is 49.5 Å². The van der Waals surface area contributed by atoms with Gasteiger partial charge in [-0.1, -0.05) is 26.2 Å². The van der Waals surface area contributed by atoms with E-state index in [1.54, 1.807) is 12.3 Å². The van der Waals surface area contributed by atoms with Gasteiger partial charge in [-0.05, 0) is 52.7 Å². The fourth-order valence-electron chi connectivity index (χ4n) is 2.81. The summed E-state index contributed by atoms with van der Waals surface area (Å²) in [6.07, 6.45) is 8.08. The Morgan fingerprint density at radius 3 is 3.00 bits per heavy atom. The number of pyridine rings is 1. The molecule has 0 saturated heterocycles. The maximum absolute atomic E-state index is 11.9. The van der Waals surface area contributed by atoms with Crippen molar-refractivity contribution in [3.05, 3.63) is 28.5 Å². The van der Waals surface area contributed by atoms with Crippen molar-refractivity contribution < 1.29 is 4.79 Å². The van der Waals surface area contributed by atoms with Crippen molar-refractivity contribution in [2.45, 2.75) is 39.0 Å². The molecule has 1 fully saturated rings. The highest BCUT2D eigenvalue weighted by Gasteiger charge is 2.18. The van der Waals surface area contributed by atoms with Gasteiger partial charge in [-0.15, -0.1) is 0 Å². The van der Waals surface area contributed by atoms with Gasteiger partial charge in [0.25, 0.3) is 5.91 Å². The molecule has 1 aliphatic rings. The molecule has 1 aliphatic carbocycles. The molecular weight excluding hydrogens is 304 g/mol. The summed E-state index contributed by atoms with van der Waals surface area (Å²) >= 11 is 3.31. The summed E-state index contributed by atoms with van der Waals surface area (Å²) in [6, 6.07) is 3.58. The van der Waals surface area contributed by atoms with Gasteiger partial charge in [-0.25, -0.2) is 4.98 Å². The number of hydrogen-bond donors (Lipinski definition) is 1. The van der Waals surface area contributed by atoms with Crippen LogP contribution in [0, 0.1) is 11.8 Å². The van der Waals surface area contributed by atoms with Crippen LogP contribution >= 0.6 is 15.9 Å². The average Bonchev–Trinajstić information content (AvgIpc) is 2.39. The molecule has 1 aromatic heterocycles. The Morgan fingerprint density at radius 1 is 1.47 bits per heavy atom. The number of halogens is 1. The molecule has 0 aromatic carbocycles. The number of amides is 1. The van der Waals surface area contributed by atoms with E-state index < -0.39 is 0 Å². The monoisotopic (exact) mass is 324 g/mol. The molecule has 19 heavy (non-hydrogen) atoms. The van der Waals surface area contributed by atoms with Crippen LogP contribution < -0.4 is 5.32 Å². The maximum atomic E-state index is 11.9. The van der Waals surface area contributed by atoms with Gasteiger partial charge in [-0.2, -0.15) is 0 Å². The molecule has 104 valence electrons. The smallest absolute Gasteiger partial charge is 0.269 e. The second-order valence-corrected chi connectivity index (χ2v) is 6.46. The minimum atomic E-state index is -0.0728. The standard InChI is InChI=1S/C15H21BrN2O/c1-11-3-2-4-12(9-11)7-8-17-15(19)14-6-5-13(16)10-18-14/h5-6,10-12H,2-4,7-9H2,1H3,(H,17,19). The van der Waals surface area contributed by atoms with Crippen molar-refractivity contribution in [3.63, 3.8) is 0 Å². The molecular formula is C15H21BrN2O. The van der Waals surface area contributed by atoms with Crippen LogP contribution in [0.15, 0.2) is 22.8 Å². The third-order valence-electron chi connectivity index (χ3n) is 3.84. The van der Waals surface area contributed by atoms with E-state index in [1.165, 1.54) is 25.7 Å². The van der Waals surface area contributed by atoms with Crippen LogP contribution in [0.25, 0.3) is 0 Å². The van der Waals surface area contributed by atoms with E-state index in [2.05, 4.69) is 33.2 Å². The molecule has 2 atom stereocenters. The van der Waals surface area contributed by atoms with Gasteiger partial charge >= 0.3 is 0 Å². The van der Waals surface area contributed by atoms with Crippen LogP contribution in [0.3, 0.4) is 0 Å². The second-order valence-electron chi connectivity index (χ2n) is 5.54. The van der Waals surface area contributed by atoms with Crippen molar-refractivity contribution in [1.29, 1.82) is 0 Å². The number of nitrogens with zero attached hydrogens (tertiary/aromatic N) is 1. The zero-order valence-corrected chi connectivity index (χ0v) is 12.9. The number of carbonyl (C=O) groups excluding carboxylic acids is 1. The summed E-state index contributed by atoms with van der Waals surface area (Å²) < 4.78 is 0.889. The Bertz CT molecular complexity index is 419. The molecule has 1 aromatic rings. The van der Waals surface area contributed by atoms with E-state index in [0.717, 1.165) is 29.3 Å². The highest BCUT2D eigenvalue weighted by molar-refractivity contribution is 9.10. The first-order valence-electron chi connectivity index (χ1n) is 7.05. The van der Waals surface area contributed by atoms with Gasteiger partial charge in [0.05, 0.1) is 0 Å². The predicted octanol–water partition coefficient (Wildman–Crippen LogP) is 3.79. The molecule has 1 saturated carbocycles. The third kappa shape index (κ3) is 4.60. The van der Waals surface area contributed by atoms with Gasteiger partial charge in [0, 0.05) is 17.2 Å². The Labute approximate surface area is 123 Å². The highest BCUT2D eigenvalue weighted by Crippen LogP contribution is 2.30. The number of aromatic nitrogens is 1. The summed E-state index contributed by atoms with van der Waals surface area (Å²) in [5.41, 5.74) is 0.486. The first-order chi connectivity index (χ1) is 9.15. The van der Waals surface area contributed by atoms with Crippen LogP contribution in [-0.4, -0.2) is 17.4 Å². The second kappa shape index (κ2) is 7.04. The lowest BCUT2D eigenvalue weighted by molar-refractivity contribution is 0.0944. The van der Waals surface area contributed by atoms with Gasteiger partial charge in [0.2, 0.25) is 0 Å². The van der Waals surface area contributed by atoms with Crippen LogP contribution in [0.4, 0.5) is 0 Å². The van der Waals surface area contributed by atoms with Gasteiger partial charge in [0.1, 0.15) is 5.69 Å². The van der Waals surface area contributed by atoms with E-state index in [1.807, 2.05) is 6.07 Å². The van der Waals surface area contributed by atoms with E-state index in [-0.39, 0.29) is 5.91 Å². The summed E-state index contributed by atoms with van der Waals surface area (Å²) in [4.78, 5) is 16.0. The van der Waals surface area contributed by atoms with Crippen molar-refractivity contribution in [2.75, 3.05) is 6.54 Å². The largest absolute Gasteiger partial charge is 0.351 e. The summed E-state index contributed by atoms with van der Waals surface area (Å²) in [7, 11) is 0. The van der Waals surface area contributed by atoms with Crippen LogP contribution in [0.2, 0.25) is 0 Å². The molecule has 4 heteroatoms. The van der Waals surface area contributed by atoms with Gasteiger partial charge in [0.15, 0.2) is 0 Å². The van der Waals surface area contributed by atoms with E-state index in [0.29, 0.717) is 5.69 Å². The molecule has 1 amide bonds. The fourth-order valence-corrected chi connectivity index (χ4v) is 3.05. The maximum Gasteiger partial charge on any atom is 0.269 e. The van der Waals surface area contributed by atoms with Gasteiger partial charge < -0.3 is 5.32 Å². The molecule has 2 unspecified atom stereocenters. The molecule has 0 spiro atoms. The summed E-state index contributed by atoms with van der Waals surface area (Å²) in [6.45, 7) is 3.09. The fraction of sp³-hybridized carbons (Fsp3) is 0.600. The first-order valence-corrected chi connectivity index (χ1v) is 7.84. The normalized spacial score (nSPS) is 23.1. The van der Waals surface area contributed by atoms with Crippen LogP contribution in [-0.2, 0) is 0 Å². The molecule has 0 bridgehead atoms. The minimum absolute atomic E-state index is 0.0728. The summed E-state index contributed by atoms with van der Waals surface area (Å²) in [5.74, 6) is 1.56. The topological polar surface area (TPSA) is 42.0 Å². The Morgan fingerprint density at radius 2 is 2.32 bits per heavy atom. The van der Waals surface area contributed by atoms with Crippen molar-refractivity contribution in [1.82, 2.24) is 10.3 Å². The lowest BCUT2D eigenvalue weighted by atomic mass is 9.81. The molecule has 2 rings (SSSR count). The molecule has 0 radical (unpaired) electrons. The first kappa shape index (κ1) is 14.5. The lowest BCUT2D eigenvalue weighted by Gasteiger charge is -2.26. The predicted molar refractivity (Wildman–Crippen MR) is 80.0 cm³/mol. The van der Waals surface area contributed by atoms with Crippen molar-refractivity contribution in [2.24, 2.45) is 11.8 Å². The molecule has 1 heterocycles. The number of rotatable bonds is 4. The van der Waals surface area contributed by atoms with Crippen LogP contribution in [0.5, 0.6) is 0 Å². The quantitative estimate of drug-likeness (QED) is 0.915. The van der Waals surface area contributed by atoms with Crippen molar-refractivity contribution >= 4 is 21.8 Å². The van der Waals surface area contributed by atoms with E-state index >= 15 is 0 Å². The number of carbonyl (C=O) groups is 1. The zero-order chi connectivity index (χ0) is 13.7. The summed E-state index contributed by atoms with van der Waals surface area (Å²) in [5, 5.41) is 2.96. The zero-order valence-electron chi connectivity index (χ0n) is 11.4. The average molecular weight is 325 g/mol.